The Bertz CT molecular complexity index is 606. The van der Waals surface area contributed by atoms with Gasteiger partial charge in [0, 0.05) is 27.0 Å². The molecule has 2 atom stereocenters. The van der Waals surface area contributed by atoms with Gasteiger partial charge in [0.25, 0.3) is 0 Å². The summed E-state index contributed by atoms with van der Waals surface area (Å²) in [5.74, 6) is -0.246. The molecule has 0 fully saturated rings. The topological polar surface area (TPSA) is 46.2 Å². The predicted molar refractivity (Wildman–Crippen MR) is 87.4 cm³/mol. The highest BCUT2D eigenvalue weighted by atomic mass is 79.9. The smallest absolute Gasteiger partial charge is 0.0885 e. The number of hydrogen-bond donors (Lipinski definition) is 2. The summed E-state index contributed by atoms with van der Waals surface area (Å²) in [5.41, 5.74) is 7.42. The molecule has 3 N–H and O–H groups in total. The quantitative estimate of drug-likeness (QED) is 0.825. The third kappa shape index (κ3) is 3.35. The van der Waals surface area contributed by atoms with Gasteiger partial charge in [-0.05, 0) is 29.3 Å². The van der Waals surface area contributed by atoms with Gasteiger partial charge in [-0.25, -0.2) is 0 Å². The lowest BCUT2D eigenvalue weighted by Gasteiger charge is -2.24. The van der Waals surface area contributed by atoms with Crippen LogP contribution in [-0.4, -0.2) is 11.7 Å². The second kappa shape index (κ2) is 6.92. The summed E-state index contributed by atoms with van der Waals surface area (Å²) < 4.78 is 0.916. The summed E-state index contributed by atoms with van der Waals surface area (Å²) in [5, 5.41) is 11.6. The first-order valence-corrected chi connectivity index (χ1v) is 7.67. The van der Waals surface area contributed by atoms with Crippen molar-refractivity contribution in [3.05, 3.63) is 68.1 Å². The van der Waals surface area contributed by atoms with Crippen LogP contribution in [0.2, 0.25) is 10.0 Å². The molecule has 0 aliphatic rings. The van der Waals surface area contributed by atoms with Crippen LogP contribution in [0.3, 0.4) is 0 Å². The summed E-state index contributed by atoms with van der Waals surface area (Å²) in [6, 6.07) is 12.8. The fourth-order valence-corrected chi connectivity index (χ4v) is 3.26. The van der Waals surface area contributed by atoms with Gasteiger partial charge >= 0.3 is 0 Å². The Morgan fingerprint density at radius 2 is 1.80 bits per heavy atom. The molecule has 5 heteroatoms. The van der Waals surface area contributed by atoms with Crippen molar-refractivity contribution in [1.29, 1.82) is 0 Å². The number of aliphatic hydroxyl groups excluding tert-OH is 1. The molecule has 2 aromatic carbocycles. The third-order valence-electron chi connectivity index (χ3n) is 3.22. The van der Waals surface area contributed by atoms with Crippen LogP contribution in [0, 0.1) is 0 Å². The Labute approximate surface area is 136 Å². The summed E-state index contributed by atoms with van der Waals surface area (Å²) in [7, 11) is 0. The molecule has 0 heterocycles. The number of nitrogens with two attached hydrogens (primary N) is 1. The molecular formula is C15H14BrCl2NO. The van der Waals surface area contributed by atoms with Crippen molar-refractivity contribution in [1.82, 2.24) is 0 Å². The maximum Gasteiger partial charge on any atom is 0.0885 e. The molecule has 2 nitrogen and oxygen atoms in total. The van der Waals surface area contributed by atoms with Crippen molar-refractivity contribution in [3.63, 3.8) is 0 Å². The molecular weight excluding hydrogens is 361 g/mol. The third-order valence-corrected chi connectivity index (χ3v) is 4.51. The first-order chi connectivity index (χ1) is 9.54. The van der Waals surface area contributed by atoms with Crippen molar-refractivity contribution < 1.29 is 5.11 Å². The highest BCUT2D eigenvalue weighted by molar-refractivity contribution is 9.10. The zero-order valence-electron chi connectivity index (χ0n) is 10.6. The van der Waals surface area contributed by atoms with Crippen LogP contribution in [0.1, 0.15) is 23.1 Å². The van der Waals surface area contributed by atoms with E-state index in [9.17, 15) is 5.11 Å². The first-order valence-electron chi connectivity index (χ1n) is 6.12. The Kier molecular flexibility index (Phi) is 5.47. The molecule has 0 radical (unpaired) electrons. The van der Waals surface area contributed by atoms with Crippen LogP contribution >= 0.6 is 39.1 Å². The predicted octanol–water partition coefficient (Wildman–Crippen LogP) is 4.53. The molecule has 2 unspecified atom stereocenters. The van der Waals surface area contributed by atoms with Crippen molar-refractivity contribution >= 4 is 39.1 Å². The minimum atomic E-state index is -0.788. The number of halogens is 3. The number of benzene rings is 2. The molecule has 0 bridgehead atoms. The maximum atomic E-state index is 10.6. The standard InChI is InChI=1S/C15H14BrCl2NO/c16-13-4-2-1-3-10(13)12(8-19)15(20)11-6-5-9(17)7-14(11)18/h1-7,12,15,20H,8,19H2. The molecule has 2 aromatic rings. The molecule has 0 spiro atoms. The molecule has 0 aliphatic heterocycles. The second-order valence-electron chi connectivity index (χ2n) is 4.47. The van der Waals surface area contributed by atoms with E-state index in [1.54, 1.807) is 18.2 Å². The zero-order valence-corrected chi connectivity index (χ0v) is 13.7. The fraction of sp³-hybridized carbons (Fsp3) is 0.200. The highest BCUT2D eigenvalue weighted by Gasteiger charge is 2.25. The van der Waals surface area contributed by atoms with Crippen LogP contribution in [0.4, 0.5) is 0 Å². The number of hydrogen-bond acceptors (Lipinski definition) is 2. The van der Waals surface area contributed by atoms with Gasteiger partial charge in [-0.2, -0.15) is 0 Å². The normalized spacial score (nSPS) is 14.1. The van der Waals surface area contributed by atoms with Gasteiger partial charge < -0.3 is 10.8 Å². The Balaban J connectivity index is 2.39. The molecule has 20 heavy (non-hydrogen) atoms. The van der Waals surface area contributed by atoms with Crippen molar-refractivity contribution in [2.45, 2.75) is 12.0 Å². The number of rotatable bonds is 4. The highest BCUT2D eigenvalue weighted by Crippen LogP contribution is 2.37. The van der Waals surface area contributed by atoms with E-state index in [-0.39, 0.29) is 5.92 Å². The minimum Gasteiger partial charge on any atom is -0.388 e. The van der Waals surface area contributed by atoms with Crippen LogP contribution in [0.15, 0.2) is 46.9 Å². The summed E-state index contributed by atoms with van der Waals surface area (Å²) in [6.45, 7) is 0.308. The average molecular weight is 375 g/mol. The molecule has 0 aromatic heterocycles. The molecule has 0 aliphatic carbocycles. The van der Waals surface area contributed by atoms with E-state index >= 15 is 0 Å². The second-order valence-corrected chi connectivity index (χ2v) is 6.17. The van der Waals surface area contributed by atoms with Gasteiger partial charge in [0.1, 0.15) is 0 Å². The SMILES string of the molecule is NCC(c1ccccc1Br)C(O)c1ccc(Cl)cc1Cl. The maximum absolute atomic E-state index is 10.6. The Hall–Kier alpha value is -0.580. The number of aliphatic hydroxyl groups is 1. The van der Waals surface area contributed by atoms with E-state index in [1.807, 2.05) is 24.3 Å². The summed E-state index contributed by atoms with van der Waals surface area (Å²) in [6.07, 6.45) is -0.788. The Morgan fingerprint density at radius 3 is 2.40 bits per heavy atom. The first kappa shape index (κ1) is 15.8. The average Bonchev–Trinajstić information content (AvgIpc) is 2.41. The van der Waals surface area contributed by atoms with Crippen LogP contribution in [-0.2, 0) is 0 Å². The van der Waals surface area contributed by atoms with Crippen molar-refractivity contribution in [3.8, 4) is 0 Å². The largest absolute Gasteiger partial charge is 0.388 e. The van der Waals surface area contributed by atoms with Gasteiger partial charge in [0.15, 0.2) is 0 Å². The van der Waals surface area contributed by atoms with E-state index in [4.69, 9.17) is 28.9 Å². The molecule has 2 rings (SSSR count). The summed E-state index contributed by atoms with van der Waals surface area (Å²) in [4.78, 5) is 0. The van der Waals surface area contributed by atoms with Gasteiger partial charge in [0.2, 0.25) is 0 Å². The zero-order chi connectivity index (χ0) is 14.7. The van der Waals surface area contributed by atoms with Gasteiger partial charge in [-0.3, -0.25) is 0 Å². The Morgan fingerprint density at radius 1 is 1.10 bits per heavy atom. The van der Waals surface area contributed by atoms with Crippen LogP contribution in [0.25, 0.3) is 0 Å². The minimum absolute atomic E-state index is 0.246. The van der Waals surface area contributed by atoms with Gasteiger partial charge in [-0.1, -0.05) is 63.4 Å². The van der Waals surface area contributed by atoms with E-state index < -0.39 is 6.10 Å². The van der Waals surface area contributed by atoms with Gasteiger partial charge in [-0.15, -0.1) is 0 Å². The fourth-order valence-electron chi connectivity index (χ4n) is 2.16. The monoisotopic (exact) mass is 373 g/mol. The lowest BCUT2D eigenvalue weighted by Crippen LogP contribution is -2.20. The van der Waals surface area contributed by atoms with Crippen molar-refractivity contribution in [2.24, 2.45) is 5.73 Å². The molecule has 0 saturated carbocycles. The van der Waals surface area contributed by atoms with Crippen LogP contribution in [0.5, 0.6) is 0 Å². The van der Waals surface area contributed by atoms with Crippen LogP contribution < -0.4 is 5.73 Å². The summed E-state index contributed by atoms with van der Waals surface area (Å²) >= 11 is 15.5. The molecule has 106 valence electrons. The van der Waals surface area contributed by atoms with Gasteiger partial charge in [0.05, 0.1) is 6.10 Å². The van der Waals surface area contributed by atoms with E-state index in [2.05, 4.69) is 15.9 Å². The lowest BCUT2D eigenvalue weighted by atomic mass is 9.89. The van der Waals surface area contributed by atoms with E-state index in [1.165, 1.54) is 0 Å². The van der Waals surface area contributed by atoms with Crippen molar-refractivity contribution in [2.75, 3.05) is 6.54 Å². The molecule has 0 amide bonds. The van der Waals surface area contributed by atoms with E-state index in [0.717, 1.165) is 10.0 Å². The van der Waals surface area contributed by atoms with E-state index in [0.29, 0.717) is 22.2 Å². The lowest BCUT2D eigenvalue weighted by molar-refractivity contribution is 0.147. The molecule has 0 saturated heterocycles.